The molecule has 0 spiro atoms. The maximum Gasteiger partial charge on any atom is 0.292 e. The highest BCUT2D eigenvalue weighted by Crippen LogP contribution is 2.48. The summed E-state index contributed by atoms with van der Waals surface area (Å²) < 4.78 is 31.9. The number of hydrogen-bond donors (Lipinski definition) is 2. The second-order valence-electron chi connectivity index (χ2n) is 14.0. The molecule has 2 aliphatic rings. The summed E-state index contributed by atoms with van der Waals surface area (Å²) in [7, 11) is 0. The summed E-state index contributed by atoms with van der Waals surface area (Å²) in [5.41, 5.74) is 7.24. The Labute approximate surface area is 320 Å². The molecule has 0 radical (unpaired) electrons. The Morgan fingerprint density at radius 3 is 2.78 bits per heavy atom. The van der Waals surface area contributed by atoms with Crippen molar-refractivity contribution in [3.63, 3.8) is 0 Å². The van der Waals surface area contributed by atoms with E-state index in [2.05, 4.69) is 58.6 Å². The van der Waals surface area contributed by atoms with Crippen molar-refractivity contribution in [3.8, 4) is 11.5 Å². The summed E-state index contributed by atoms with van der Waals surface area (Å²) >= 11 is 6.09. The molecule has 14 heteroatoms. The van der Waals surface area contributed by atoms with E-state index >= 15 is 0 Å². The molecule has 1 unspecified atom stereocenters. The number of aryl methyl sites for hydroxylation is 2. The molecular formula is C41H37ClFN9O3. The van der Waals surface area contributed by atoms with E-state index < -0.39 is 17.5 Å². The molecule has 0 saturated carbocycles. The van der Waals surface area contributed by atoms with Gasteiger partial charge in [0.15, 0.2) is 11.5 Å². The van der Waals surface area contributed by atoms with Gasteiger partial charge in [-0.1, -0.05) is 29.8 Å². The van der Waals surface area contributed by atoms with Gasteiger partial charge in [-0.3, -0.25) is 19.8 Å². The maximum absolute atomic E-state index is 14.8. The second-order valence-corrected chi connectivity index (χ2v) is 14.4. The van der Waals surface area contributed by atoms with Crippen LogP contribution in [0.2, 0.25) is 5.02 Å². The van der Waals surface area contributed by atoms with Crippen molar-refractivity contribution in [1.29, 1.82) is 0 Å². The van der Waals surface area contributed by atoms with Crippen molar-refractivity contribution in [3.05, 3.63) is 130 Å². The molecule has 4 aromatic heterocycles. The Balaban J connectivity index is 0.969. The van der Waals surface area contributed by atoms with Gasteiger partial charge in [0.1, 0.15) is 22.9 Å². The number of imidazole rings is 2. The quantitative estimate of drug-likeness (QED) is 0.152. The number of carbonyl (C=O) groups excluding carboxylic acids is 1. The van der Waals surface area contributed by atoms with Crippen molar-refractivity contribution >= 4 is 50.7 Å². The van der Waals surface area contributed by atoms with Crippen LogP contribution in [0.1, 0.15) is 59.1 Å². The molecule has 0 bridgehead atoms. The topological polar surface area (TPSA) is 128 Å². The minimum absolute atomic E-state index is 0.207. The zero-order valence-corrected chi connectivity index (χ0v) is 31.2. The molecule has 7 aromatic rings. The van der Waals surface area contributed by atoms with Crippen molar-refractivity contribution in [1.82, 2.24) is 39.2 Å². The van der Waals surface area contributed by atoms with Gasteiger partial charge in [-0.15, -0.1) is 0 Å². The number of hydrogen-bond acceptors (Lipinski definition) is 8. The van der Waals surface area contributed by atoms with Crippen LogP contribution in [0.3, 0.4) is 0 Å². The van der Waals surface area contributed by atoms with Crippen LogP contribution in [0.4, 0.5) is 10.1 Å². The maximum atomic E-state index is 14.8. The van der Waals surface area contributed by atoms with Gasteiger partial charge in [-0.25, -0.2) is 14.4 Å². The zero-order chi connectivity index (χ0) is 37.8. The van der Waals surface area contributed by atoms with Gasteiger partial charge >= 0.3 is 0 Å². The number of aromatic nitrogens is 7. The average Bonchev–Trinajstić information content (AvgIpc) is 3.97. The van der Waals surface area contributed by atoms with E-state index in [1.54, 1.807) is 25.3 Å². The lowest BCUT2D eigenvalue weighted by Gasteiger charge is -2.27. The molecule has 55 heavy (non-hydrogen) atoms. The van der Waals surface area contributed by atoms with Crippen molar-refractivity contribution in [2.75, 3.05) is 18.4 Å². The van der Waals surface area contributed by atoms with Crippen LogP contribution in [0.5, 0.6) is 11.5 Å². The summed E-state index contributed by atoms with van der Waals surface area (Å²) in [6.45, 7) is 9.23. The summed E-state index contributed by atoms with van der Waals surface area (Å²) in [6, 6.07) is 18.1. The van der Waals surface area contributed by atoms with Gasteiger partial charge in [-0.2, -0.15) is 5.10 Å². The number of amides is 1. The van der Waals surface area contributed by atoms with Crippen molar-refractivity contribution in [2.24, 2.45) is 0 Å². The number of halogens is 2. The van der Waals surface area contributed by atoms with Crippen LogP contribution in [0.15, 0.2) is 85.5 Å². The Morgan fingerprint density at radius 2 is 1.98 bits per heavy atom. The fourth-order valence-corrected chi connectivity index (χ4v) is 7.56. The SMILES string of the molecule is CCn1cncc1Cn1c(CN2CC=C(c3cccc4c3OC(C)(c3ccc(Cl)cn3)O4)CC2)nc2cc(NC(=O)c3cc(F)c4[nH]nc(C)c4c3)ccc21. The Kier molecular flexibility index (Phi) is 8.62. The van der Waals surface area contributed by atoms with E-state index in [1.165, 1.54) is 11.6 Å². The van der Waals surface area contributed by atoms with Gasteiger partial charge in [0.05, 0.1) is 46.9 Å². The molecule has 0 fully saturated rings. The van der Waals surface area contributed by atoms with Crippen molar-refractivity contribution < 1.29 is 18.7 Å². The molecule has 6 heterocycles. The number of ether oxygens (including phenoxy) is 2. The first-order valence-electron chi connectivity index (χ1n) is 18.1. The molecule has 2 N–H and O–H groups in total. The third-order valence-corrected chi connectivity index (χ3v) is 10.6. The molecule has 278 valence electrons. The normalized spacial score (nSPS) is 16.9. The molecule has 1 atom stereocenters. The minimum Gasteiger partial charge on any atom is -0.443 e. The van der Waals surface area contributed by atoms with Crippen molar-refractivity contribution in [2.45, 2.75) is 52.6 Å². The first-order valence-corrected chi connectivity index (χ1v) is 18.5. The predicted molar refractivity (Wildman–Crippen MR) is 208 cm³/mol. The fraction of sp³-hybridized carbons (Fsp3) is 0.244. The van der Waals surface area contributed by atoms with E-state index in [9.17, 15) is 9.18 Å². The zero-order valence-electron chi connectivity index (χ0n) is 30.4. The number of carbonyl (C=O) groups is 1. The van der Waals surface area contributed by atoms with Crippen LogP contribution in [0, 0.1) is 12.7 Å². The lowest BCUT2D eigenvalue weighted by molar-refractivity contribution is -0.0718. The number of anilines is 1. The number of benzene rings is 3. The molecule has 0 saturated heterocycles. The number of H-pyrrole nitrogens is 1. The van der Waals surface area contributed by atoms with Crippen LogP contribution >= 0.6 is 11.6 Å². The molecule has 0 aliphatic carbocycles. The average molecular weight is 758 g/mol. The third kappa shape index (κ3) is 6.38. The van der Waals surface area contributed by atoms with E-state index in [-0.39, 0.29) is 11.1 Å². The van der Waals surface area contributed by atoms with Gasteiger partial charge in [0.25, 0.3) is 11.7 Å². The van der Waals surface area contributed by atoms with E-state index in [1.807, 2.05) is 55.8 Å². The summed E-state index contributed by atoms with van der Waals surface area (Å²) in [5.74, 6) is 0.266. The van der Waals surface area contributed by atoms with Gasteiger partial charge < -0.3 is 23.9 Å². The van der Waals surface area contributed by atoms with Crippen LogP contribution in [0.25, 0.3) is 27.5 Å². The highest BCUT2D eigenvalue weighted by Gasteiger charge is 2.41. The number of nitrogens with one attached hydrogen (secondary N) is 2. The fourth-order valence-electron chi connectivity index (χ4n) is 7.45. The largest absolute Gasteiger partial charge is 0.443 e. The summed E-state index contributed by atoms with van der Waals surface area (Å²) in [5, 5.41) is 10.8. The van der Waals surface area contributed by atoms with Gasteiger partial charge in [0, 0.05) is 61.2 Å². The Hall–Kier alpha value is -6.05. The van der Waals surface area contributed by atoms with Gasteiger partial charge in [0.2, 0.25) is 0 Å². The highest BCUT2D eigenvalue weighted by molar-refractivity contribution is 6.30. The van der Waals surface area contributed by atoms with Crippen LogP contribution < -0.4 is 14.8 Å². The Bertz CT molecular complexity index is 2650. The first-order chi connectivity index (χ1) is 26.7. The smallest absolute Gasteiger partial charge is 0.292 e. The molecule has 1 amide bonds. The monoisotopic (exact) mass is 757 g/mol. The molecule has 12 nitrogen and oxygen atoms in total. The Morgan fingerprint density at radius 1 is 1.09 bits per heavy atom. The predicted octanol–water partition coefficient (Wildman–Crippen LogP) is 7.86. The number of aromatic amines is 1. The van der Waals surface area contributed by atoms with E-state index in [0.29, 0.717) is 58.6 Å². The number of pyridine rings is 1. The first kappa shape index (κ1) is 34.7. The molecular weight excluding hydrogens is 721 g/mol. The summed E-state index contributed by atoms with van der Waals surface area (Å²) in [6.07, 6.45) is 8.37. The third-order valence-electron chi connectivity index (χ3n) is 10.4. The molecule has 9 rings (SSSR count). The van der Waals surface area contributed by atoms with Crippen LogP contribution in [-0.2, 0) is 25.4 Å². The lowest BCUT2D eigenvalue weighted by Crippen LogP contribution is -2.32. The molecule has 2 aliphatic heterocycles. The lowest BCUT2D eigenvalue weighted by atomic mass is 9.98. The second kappa shape index (κ2) is 13.7. The standard InChI is InChI=1S/C41H37ClFN9O3/c1-4-51-23-44-20-29(51)21-52-34-10-9-28(46-40(53)26-16-31-24(2)48-49-38(31)32(43)17-26)18-33(34)47-37(52)22-50-14-12-25(13-15-50)30-6-5-7-35-39(30)55-41(3,54-35)36-11-8-27(42)19-45-36/h5-12,16-20,23H,4,13-15,21-22H2,1-3H3,(H,46,53)(H,48,49). The minimum atomic E-state index is -1.06. The number of rotatable bonds is 9. The van der Waals surface area contributed by atoms with E-state index in [4.69, 9.17) is 26.1 Å². The van der Waals surface area contributed by atoms with Crippen LogP contribution in [-0.4, -0.2) is 58.2 Å². The number of para-hydroxylation sites is 1. The molecule has 3 aromatic carbocycles. The number of fused-ring (bicyclic) bond motifs is 3. The van der Waals surface area contributed by atoms with E-state index in [0.717, 1.165) is 47.6 Å². The highest BCUT2D eigenvalue weighted by atomic mass is 35.5. The van der Waals surface area contributed by atoms with Gasteiger partial charge in [-0.05, 0) is 74.4 Å². The summed E-state index contributed by atoms with van der Waals surface area (Å²) in [4.78, 5) is 29.7. The number of nitrogens with zero attached hydrogens (tertiary/aromatic N) is 7.